The Labute approximate surface area is 226 Å². The van der Waals surface area contributed by atoms with Crippen LogP contribution < -0.4 is 19.7 Å². The van der Waals surface area contributed by atoms with Crippen molar-refractivity contribution in [2.45, 2.75) is 32.2 Å². The van der Waals surface area contributed by atoms with E-state index in [1.165, 1.54) is 6.42 Å². The zero-order valence-corrected chi connectivity index (χ0v) is 22.6. The van der Waals surface area contributed by atoms with Crippen molar-refractivity contribution in [2.24, 2.45) is 0 Å². The summed E-state index contributed by atoms with van der Waals surface area (Å²) in [5, 5.41) is 13.5. The lowest BCUT2D eigenvalue weighted by molar-refractivity contribution is 0.188. The largest absolute Gasteiger partial charge is 0.492 e. The Morgan fingerprint density at radius 3 is 2.87 bits per heavy atom. The number of H-pyrrole nitrogens is 1. The third kappa shape index (κ3) is 3.95. The topological polar surface area (TPSA) is 91.4 Å². The van der Waals surface area contributed by atoms with Crippen LogP contribution in [-0.2, 0) is 6.42 Å². The minimum absolute atomic E-state index is 0.385. The smallest absolute Gasteiger partial charge is 0.319 e. The molecule has 0 aliphatic carbocycles. The molecule has 2 saturated heterocycles. The third-order valence-corrected chi connectivity index (χ3v) is 8.72. The molecule has 0 saturated carbocycles. The molecule has 0 amide bonds. The Morgan fingerprint density at radius 2 is 2.05 bits per heavy atom. The zero-order chi connectivity index (χ0) is 25.8. The Bertz CT molecular complexity index is 1530. The first-order valence-corrected chi connectivity index (χ1v) is 13.9. The lowest BCUT2D eigenvalue weighted by atomic mass is 9.92. The molecular weight excluding hydrogens is 502 g/mol. The van der Waals surface area contributed by atoms with E-state index in [1.54, 1.807) is 0 Å². The standard InChI is InChI=1S/C28H32ClN7O2/c1-16-12-21-20(14-31-34-21)23(25(16)29)19-13-22-24(26-18(19)5-11-37-26)27(36-9-6-30-7-10-36)33-28(32-22)38-15-17-4-3-8-35(17)2/h12-14,17,30H,3-11,15H2,1-2H3,(H,31,34)/t17-/m0/s1. The monoisotopic (exact) mass is 533 g/mol. The SMILES string of the molecule is Cc1cc2[nH]ncc2c(-c2cc3nc(OC[C@@H]4CCCN4C)nc(N4CCNCC4)c3c3c2CCO3)c1Cl. The fourth-order valence-electron chi connectivity index (χ4n) is 6.14. The van der Waals surface area contributed by atoms with Crippen molar-refractivity contribution in [3.05, 3.63) is 34.5 Å². The van der Waals surface area contributed by atoms with Gasteiger partial charge in [0.15, 0.2) is 0 Å². The number of hydrogen-bond acceptors (Lipinski definition) is 8. The van der Waals surface area contributed by atoms with Gasteiger partial charge in [0.25, 0.3) is 0 Å². The van der Waals surface area contributed by atoms with E-state index in [2.05, 4.69) is 38.4 Å². The molecule has 9 nitrogen and oxygen atoms in total. The number of rotatable bonds is 5. The van der Waals surface area contributed by atoms with Crippen molar-refractivity contribution in [1.82, 2.24) is 30.4 Å². The van der Waals surface area contributed by atoms with Crippen molar-refractivity contribution >= 4 is 39.2 Å². The van der Waals surface area contributed by atoms with Crippen LogP contribution in [0.5, 0.6) is 11.8 Å². The van der Waals surface area contributed by atoms with Gasteiger partial charge in [-0.2, -0.15) is 15.1 Å². The van der Waals surface area contributed by atoms with Gasteiger partial charge in [-0.15, -0.1) is 0 Å². The fraction of sp³-hybridized carbons (Fsp3) is 0.464. The van der Waals surface area contributed by atoms with Crippen LogP contribution in [0.3, 0.4) is 0 Å². The van der Waals surface area contributed by atoms with Gasteiger partial charge in [-0.25, -0.2) is 0 Å². The highest BCUT2D eigenvalue weighted by atomic mass is 35.5. The molecule has 7 rings (SSSR count). The van der Waals surface area contributed by atoms with E-state index in [1.807, 2.05) is 19.2 Å². The van der Waals surface area contributed by atoms with Gasteiger partial charge >= 0.3 is 6.01 Å². The molecule has 2 fully saturated rings. The van der Waals surface area contributed by atoms with Crippen LogP contribution in [0.1, 0.15) is 24.0 Å². The van der Waals surface area contributed by atoms with Crippen LogP contribution in [0, 0.1) is 6.92 Å². The van der Waals surface area contributed by atoms with Crippen LogP contribution in [0.2, 0.25) is 5.02 Å². The molecule has 198 valence electrons. The van der Waals surface area contributed by atoms with E-state index in [4.69, 9.17) is 31.0 Å². The Hall–Kier alpha value is -3.14. The molecule has 5 heterocycles. The molecule has 2 N–H and O–H groups in total. The molecule has 3 aliphatic rings. The second-order valence-electron chi connectivity index (χ2n) is 10.6. The summed E-state index contributed by atoms with van der Waals surface area (Å²) in [4.78, 5) is 14.6. The molecule has 0 spiro atoms. The third-order valence-electron chi connectivity index (χ3n) is 8.23. The molecule has 2 aromatic heterocycles. The first kappa shape index (κ1) is 23.9. The zero-order valence-electron chi connectivity index (χ0n) is 21.8. The summed E-state index contributed by atoms with van der Waals surface area (Å²) in [6, 6.07) is 5.00. The summed E-state index contributed by atoms with van der Waals surface area (Å²) in [6.45, 7) is 7.88. The van der Waals surface area contributed by atoms with Gasteiger partial charge in [-0.1, -0.05) is 11.6 Å². The summed E-state index contributed by atoms with van der Waals surface area (Å²) in [5.74, 6) is 1.75. The molecule has 0 radical (unpaired) electrons. The molecule has 0 unspecified atom stereocenters. The number of benzene rings is 2. The lowest BCUT2D eigenvalue weighted by Crippen LogP contribution is -2.44. The Morgan fingerprint density at radius 1 is 1.18 bits per heavy atom. The molecule has 1 atom stereocenters. The molecule has 10 heteroatoms. The van der Waals surface area contributed by atoms with Crippen molar-refractivity contribution in [3.8, 4) is 22.9 Å². The number of anilines is 1. The van der Waals surface area contributed by atoms with E-state index in [0.717, 1.165) is 106 Å². The second kappa shape index (κ2) is 9.55. The highest BCUT2D eigenvalue weighted by molar-refractivity contribution is 6.36. The summed E-state index contributed by atoms with van der Waals surface area (Å²) < 4.78 is 12.6. The van der Waals surface area contributed by atoms with Gasteiger partial charge in [0.1, 0.15) is 18.2 Å². The summed E-state index contributed by atoms with van der Waals surface area (Å²) >= 11 is 6.98. The molecular formula is C28H32ClN7O2. The molecule has 2 aromatic carbocycles. The van der Waals surface area contributed by atoms with Gasteiger partial charge in [-0.3, -0.25) is 5.10 Å². The minimum Gasteiger partial charge on any atom is -0.492 e. The minimum atomic E-state index is 0.385. The van der Waals surface area contributed by atoms with E-state index < -0.39 is 0 Å². The number of aryl methyl sites for hydroxylation is 1. The van der Waals surface area contributed by atoms with Gasteiger partial charge in [0, 0.05) is 55.2 Å². The van der Waals surface area contributed by atoms with Crippen LogP contribution in [0.4, 0.5) is 5.82 Å². The number of fused-ring (bicyclic) bond motifs is 4. The summed E-state index contributed by atoms with van der Waals surface area (Å²) in [5.41, 5.74) is 5.93. The number of piperazine rings is 1. The van der Waals surface area contributed by atoms with Crippen LogP contribution in [0.15, 0.2) is 18.3 Å². The normalized spacial score (nSPS) is 19.9. The number of ether oxygens (including phenoxy) is 2. The van der Waals surface area contributed by atoms with Gasteiger partial charge in [-0.05, 0) is 56.6 Å². The number of nitrogens with zero attached hydrogens (tertiary/aromatic N) is 5. The Balaban J connectivity index is 1.43. The maximum Gasteiger partial charge on any atom is 0.319 e. The predicted octanol–water partition coefficient (Wildman–Crippen LogP) is 3.95. The summed E-state index contributed by atoms with van der Waals surface area (Å²) in [7, 11) is 2.16. The molecule has 38 heavy (non-hydrogen) atoms. The fourth-order valence-corrected chi connectivity index (χ4v) is 6.40. The number of halogens is 1. The average molecular weight is 534 g/mol. The van der Waals surface area contributed by atoms with Gasteiger partial charge in [0.2, 0.25) is 0 Å². The van der Waals surface area contributed by atoms with Crippen molar-refractivity contribution in [1.29, 1.82) is 0 Å². The lowest BCUT2D eigenvalue weighted by Gasteiger charge is -2.30. The van der Waals surface area contributed by atoms with Crippen molar-refractivity contribution in [2.75, 3.05) is 57.9 Å². The first-order chi connectivity index (χ1) is 18.6. The number of likely N-dealkylation sites (tertiary alicyclic amines) is 1. The van der Waals surface area contributed by atoms with Crippen LogP contribution >= 0.6 is 11.6 Å². The van der Waals surface area contributed by atoms with E-state index >= 15 is 0 Å². The average Bonchev–Trinajstić information content (AvgIpc) is 3.69. The molecule has 4 aromatic rings. The van der Waals surface area contributed by atoms with Crippen LogP contribution in [0.25, 0.3) is 32.9 Å². The summed E-state index contributed by atoms with van der Waals surface area (Å²) in [6.07, 6.45) is 4.98. The van der Waals surface area contributed by atoms with E-state index in [9.17, 15) is 0 Å². The molecule has 0 bridgehead atoms. The van der Waals surface area contributed by atoms with Crippen molar-refractivity contribution < 1.29 is 9.47 Å². The maximum atomic E-state index is 6.98. The number of nitrogens with one attached hydrogen (secondary N) is 2. The Kier molecular flexibility index (Phi) is 6.02. The van der Waals surface area contributed by atoms with Gasteiger partial charge in [0.05, 0.1) is 34.2 Å². The number of aromatic nitrogens is 4. The quantitative estimate of drug-likeness (QED) is 0.398. The number of likely N-dealkylation sites (N-methyl/N-ethyl adjacent to an activating group) is 1. The van der Waals surface area contributed by atoms with E-state index in [0.29, 0.717) is 25.3 Å². The first-order valence-electron chi connectivity index (χ1n) is 13.5. The molecule has 3 aliphatic heterocycles. The van der Waals surface area contributed by atoms with Crippen molar-refractivity contribution in [3.63, 3.8) is 0 Å². The predicted molar refractivity (Wildman–Crippen MR) is 150 cm³/mol. The number of hydrogen-bond donors (Lipinski definition) is 2. The highest BCUT2D eigenvalue weighted by Crippen LogP contribution is 2.48. The van der Waals surface area contributed by atoms with Crippen LogP contribution in [-0.4, -0.2) is 84.1 Å². The second-order valence-corrected chi connectivity index (χ2v) is 11.0. The number of aromatic amines is 1. The highest BCUT2D eigenvalue weighted by Gasteiger charge is 2.30. The maximum absolute atomic E-state index is 6.98. The van der Waals surface area contributed by atoms with Gasteiger partial charge < -0.3 is 24.6 Å². The van der Waals surface area contributed by atoms with E-state index in [-0.39, 0.29) is 0 Å².